The molecule has 132 valence electrons. The average Bonchev–Trinajstić information content (AvgIpc) is 2.52. The summed E-state index contributed by atoms with van der Waals surface area (Å²) in [5.74, 6) is -1.32. The Morgan fingerprint density at radius 2 is 1.48 bits per heavy atom. The molecule has 1 N–H and O–H groups in total. The highest BCUT2D eigenvalue weighted by Gasteiger charge is 2.39. The van der Waals surface area contributed by atoms with Gasteiger partial charge in [-0.2, -0.15) is 0 Å². The summed E-state index contributed by atoms with van der Waals surface area (Å²) in [4.78, 5) is 25.4. The summed E-state index contributed by atoms with van der Waals surface area (Å²) >= 11 is 0. The number of carboxylic acids is 1. The average molecular weight is 345 g/mol. The van der Waals surface area contributed by atoms with E-state index in [0.717, 1.165) is 19.3 Å². The fourth-order valence-electron chi connectivity index (χ4n) is 4.06. The van der Waals surface area contributed by atoms with Crippen molar-refractivity contribution in [1.29, 1.82) is 0 Å². The molecule has 2 atom stereocenters. The summed E-state index contributed by atoms with van der Waals surface area (Å²) < 4.78 is 24.0. The van der Waals surface area contributed by atoms with Gasteiger partial charge in [0.1, 0.15) is 0 Å². The Morgan fingerprint density at radius 1 is 0.957 bits per heavy atom. The van der Waals surface area contributed by atoms with Crippen LogP contribution in [-0.4, -0.2) is 54.9 Å². The van der Waals surface area contributed by atoms with Crippen molar-refractivity contribution in [1.82, 2.24) is 4.90 Å². The van der Waals surface area contributed by atoms with Gasteiger partial charge >= 0.3 is 5.97 Å². The predicted octanol–water partition coefficient (Wildman–Crippen LogP) is 1.69. The summed E-state index contributed by atoms with van der Waals surface area (Å²) in [7, 11) is -1.47. The number of carbonyl (C=O) groups excluding carboxylic acids is 1. The van der Waals surface area contributed by atoms with Crippen LogP contribution in [0, 0.1) is 11.8 Å². The van der Waals surface area contributed by atoms with Crippen LogP contribution < -0.4 is 0 Å². The Bertz CT molecular complexity index is 551. The third kappa shape index (κ3) is 4.25. The molecule has 0 radical (unpaired) electrons. The van der Waals surface area contributed by atoms with E-state index in [1.54, 1.807) is 11.9 Å². The standard InChI is InChI=1S/C16H27NO5S/c1-17(13-5-3-4-6-14(13)23(2,21)22)15(18)11-7-9-12(10-8-11)16(19)20/h11-14H,3-10H2,1-2H3,(H,19,20). The fourth-order valence-corrected chi connectivity index (χ4v) is 5.54. The Labute approximate surface area is 138 Å². The lowest BCUT2D eigenvalue weighted by molar-refractivity contribution is -0.146. The Balaban J connectivity index is 2.02. The molecule has 0 saturated heterocycles. The summed E-state index contributed by atoms with van der Waals surface area (Å²) in [5, 5.41) is 8.57. The summed E-state index contributed by atoms with van der Waals surface area (Å²) in [6.45, 7) is 0. The molecule has 2 aliphatic rings. The van der Waals surface area contributed by atoms with Gasteiger partial charge in [0.2, 0.25) is 5.91 Å². The van der Waals surface area contributed by atoms with E-state index in [4.69, 9.17) is 5.11 Å². The molecule has 2 saturated carbocycles. The molecule has 2 unspecified atom stereocenters. The second-order valence-electron chi connectivity index (χ2n) is 7.06. The zero-order valence-electron chi connectivity index (χ0n) is 13.9. The molecule has 0 aromatic carbocycles. The lowest BCUT2D eigenvalue weighted by Crippen LogP contribution is -2.51. The van der Waals surface area contributed by atoms with Crippen molar-refractivity contribution in [3.63, 3.8) is 0 Å². The van der Waals surface area contributed by atoms with Crippen LogP contribution in [0.4, 0.5) is 0 Å². The van der Waals surface area contributed by atoms with Crippen molar-refractivity contribution in [3.8, 4) is 0 Å². The lowest BCUT2D eigenvalue weighted by atomic mass is 9.81. The number of hydrogen-bond donors (Lipinski definition) is 1. The number of sulfone groups is 1. The minimum Gasteiger partial charge on any atom is -0.481 e. The van der Waals surface area contributed by atoms with Gasteiger partial charge in [0, 0.05) is 25.3 Å². The van der Waals surface area contributed by atoms with Gasteiger partial charge in [-0.3, -0.25) is 9.59 Å². The number of amides is 1. The van der Waals surface area contributed by atoms with Gasteiger partial charge in [-0.1, -0.05) is 12.8 Å². The molecule has 0 spiro atoms. The molecule has 0 aromatic rings. The van der Waals surface area contributed by atoms with Crippen LogP contribution in [0.5, 0.6) is 0 Å². The predicted molar refractivity (Wildman–Crippen MR) is 86.7 cm³/mol. The second kappa shape index (κ2) is 7.20. The van der Waals surface area contributed by atoms with E-state index >= 15 is 0 Å². The quantitative estimate of drug-likeness (QED) is 0.837. The maximum absolute atomic E-state index is 12.7. The van der Waals surface area contributed by atoms with Gasteiger partial charge in [0.15, 0.2) is 9.84 Å². The minimum absolute atomic E-state index is 0.0191. The zero-order chi connectivity index (χ0) is 17.2. The van der Waals surface area contributed by atoms with E-state index in [2.05, 4.69) is 0 Å². The summed E-state index contributed by atoms with van der Waals surface area (Å²) in [6, 6.07) is -0.247. The Kier molecular flexibility index (Phi) is 5.70. The van der Waals surface area contributed by atoms with Crippen LogP contribution in [0.15, 0.2) is 0 Å². The molecule has 2 rings (SSSR count). The third-order valence-corrected chi connectivity index (χ3v) is 7.14. The highest BCUT2D eigenvalue weighted by atomic mass is 32.2. The molecule has 6 nitrogen and oxygen atoms in total. The first-order valence-corrected chi connectivity index (χ1v) is 10.4. The molecule has 7 heteroatoms. The van der Waals surface area contributed by atoms with Gasteiger partial charge < -0.3 is 10.0 Å². The number of aliphatic carboxylic acids is 1. The molecule has 2 fully saturated rings. The minimum atomic E-state index is -3.18. The van der Waals surface area contributed by atoms with Gasteiger partial charge in [-0.05, 0) is 38.5 Å². The molecule has 0 aromatic heterocycles. The maximum atomic E-state index is 12.7. The van der Waals surface area contributed by atoms with Gasteiger partial charge in [-0.15, -0.1) is 0 Å². The van der Waals surface area contributed by atoms with Gasteiger partial charge in [0.25, 0.3) is 0 Å². The van der Waals surface area contributed by atoms with E-state index in [1.165, 1.54) is 6.26 Å². The van der Waals surface area contributed by atoms with Crippen molar-refractivity contribution in [2.75, 3.05) is 13.3 Å². The normalized spacial score (nSPS) is 32.3. The van der Waals surface area contributed by atoms with Crippen LogP contribution in [0.1, 0.15) is 51.4 Å². The first-order valence-electron chi connectivity index (χ1n) is 8.40. The summed E-state index contributed by atoms with van der Waals surface area (Å²) in [5.41, 5.74) is 0. The first-order chi connectivity index (χ1) is 10.7. The monoisotopic (exact) mass is 345 g/mol. The number of hydrogen-bond acceptors (Lipinski definition) is 4. The molecular formula is C16H27NO5S. The SMILES string of the molecule is CN(C(=O)C1CCC(C(=O)O)CC1)C1CCCCC1S(C)(=O)=O. The van der Waals surface area contributed by atoms with E-state index in [-0.39, 0.29) is 23.8 Å². The largest absolute Gasteiger partial charge is 0.481 e. The van der Waals surface area contributed by atoms with Crippen molar-refractivity contribution in [2.45, 2.75) is 62.7 Å². The first kappa shape index (κ1) is 18.2. The number of carbonyl (C=O) groups is 2. The molecule has 1 amide bonds. The van der Waals surface area contributed by atoms with Gasteiger partial charge in [-0.25, -0.2) is 8.42 Å². The van der Waals surface area contributed by atoms with E-state index in [9.17, 15) is 18.0 Å². The van der Waals surface area contributed by atoms with E-state index < -0.39 is 21.1 Å². The number of rotatable bonds is 4. The summed E-state index contributed by atoms with van der Waals surface area (Å²) in [6.07, 6.45) is 6.65. The fraction of sp³-hybridized carbons (Fsp3) is 0.875. The zero-order valence-corrected chi connectivity index (χ0v) is 14.7. The third-order valence-electron chi connectivity index (χ3n) is 5.49. The molecule has 23 heavy (non-hydrogen) atoms. The Hall–Kier alpha value is -1.11. The smallest absolute Gasteiger partial charge is 0.306 e. The number of carboxylic acid groups (broad SMARTS) is 1. The topological polar surface area (TPSA) is 91.8 Å². The van der Waals surface area contributed by atoms with Crippen LogP contribution >= 0.6 is 0 Å². The molecule has 0 heterocycles. The molecule has 0 aliphatic heterocycles. The molecular weight excluding hydrogens is 318 g/mol. The lowest BCUT2D eigenvalue weighted by Gasteiger charge is -2.39. The van der Waals surface area contributed by atoms with E-state index in [1.807, 2.05) is 0 Å². The van der Waals surface area contributed by atoms with Crippen LogP contribution in [0.3, 0.4) is 0 Å². The van der Waals surface area contributed by atoms with Crippen LogP contribution in [-0.2, 0) is 19.4 Å². The van der Waals surface area contributed by atoms with Crippen LogP contribution in [0.25, 0.3) is 0 Å². The highest BCUT2D eigenvalue weighted by molar-refractivity contribution is 7.91. The van der Waals surface area contributed by atoms with Crippen molar-refractivity contribution in [2.24, 2.45) is 11.8 Å². The van der Waals surface area contributed by atoms with E-state index in [0.29, 0.717) is 32.1 Å². The van der Waals surface area contributed by atoms with Crippen molar-refractivity contribution < 1.29 is 23.1 Å². The second-order valence-corrected chi connectivity index (χ2v) is 9.32. The maximum Gasteiger partial charge on any atom is 0.306 e. The van der Waals surface area contributed by atoms with Gasteiger partial charge in [0.05, 0.1) is 11.2 Å². The molecule has 2 aliphatic carbocycles. The van der Waals surface area contributed by atoms with Crippen LogP contribution in [0.2, 0.25) is 0 Å². The van der Waals surface area contributed by atoms with Crippen molar-refractivity contribution >= 4 is 21.7 Å². The number of nitrogens with zero attached hydrogens (tertiary/aromatic N) is 1. The molecule has 0 bridgehead atoms. The highest BCUT2D eigenvalue weighted by Crippen LogP contribution is 2.33. The van der Waals surface area contributed by atoms with Crippen molar-refractivity contribution in [3.05, 3.63) is 0 Å². The Morgan fingerprint density at radius 3 is 2.00 bits per heavy atom.